The van der Waals surface area contributed by atoms with Gasteiger partial charge in [-0.1, -0.05) is 29.8 Å². The van der Waals surface area contributed by atoms with Crippen LogP contribution in [0.15, 0.2) is 0 Å². The molecular weight excluding hydrogens is 218 g/mol. The molecule has 1 atom stereocenters. The van der Waals surface area contributed by atoms with Gasteiger partial charge in [-0.25, -0.2) is 0 Å². The number of nitrogens with zero attached hydrogens (tertiary/aromatic N) is 1. The molecule has 1 saturated heterocycles. The molecule has 0 N–H and O–H groups in total. The van der Waals surface area contributed by atoms with E-state index in [4.69, 9.17) is 0 Å². The highest BCUT2D eigenvalue weighted by Crippen LogP contribution is 2.29. The molecule has 0 aromatic heterocycles. The minimum Gasteiger partial charge on any atom is -0.341 e. The van der Waals surface area contributed by atoms with Crippen LogP contribution in [0.3, 0.4) is 0 Å². The molecule has 1 aliphatic rings. The minimum absolute atomic E-state index is 0.0357. The van der Waals surface area contributed by atoms with E-state index >= 15 is 0 Å². The third-order valence-corrected chi connectivity index (χ3v) is 2.72. The predicted molar refractivity (Wildman–Crippen MR) is 53.4 cm³/mol. The highest BCUT2D eigenvalue weighted by atomic mass is 79.9. The van der Waals surface area contributed by atoms with Gasteiger partial charge in [-0.15, -0.1) is 0 Å². The van der Waals surface area contributed by atoms with Gasteiger partial charge in [-0.3, -0.25) is 4.79 Å². The standard InChI is InChI=1S/C9H16BrNO/c1-7(10)8(12)11-5-4-9(2,3)6-11/h7H,4-6H2,1-3H3. The Kier molecular flexibility index (Phi) is 2.81. The van der Waals surface area contributed by atoms with Crippen LogP contribution >= 0.6 is 15.9 Å². The average Bonchev–Trinajstić information content (AvgIpc) is 2.28. The van der Waals surface area contributed by atoms with Crippen LogP contribution in [0.1, 0.15) is 27.2 Å². The van der Waals surface area contributed by atoms with Gasteiger partial charge in [0.25, 0.3) is 0 Å². The van der Waals surface area contributed by atoms with Gasteiger partial charge in [0.1, 0.15) is 0 Å². The number of carbonyl (C=O) groups is 1. The van der Waals surface area contributed by atoms with Crippen molar-refractivity contribution in [3.05, 3.63) is 0 Å². The lowest BCUT2D eigenvalue weighted by Crippen LogP contribution is -2.34. The van der Waals surface area contributed by atoms with Gasteiger partial charge in [-0.2, -0.15) is 0 Å². The van der Waals surface area contributed by atoms with Crippen molar-refractivity contribution < 1.29 is 4.79 Å². The van der Waals surface area contributed by atoms with Gasteiger partial charge in [0, 0.05) is 13.1 Å². The summed E-state index contributed by atoms with van der Waals surface area (Å²) in [6.45, 7) is 8.12. The van der Waals surface area contributed by atoms with E-state index in [0.717, 1.165) is 19.5 Å². The Labute approximate surface area is 82.4 Å². The Morgan fingerprint density at radius 2 is 2.17 bits per heavy atom. The maximum Gasteiger partial charge on any atom is 0.236 e. The van der Waals surface area contributed by atoms with Crippen LogP contribution in [0, 0.1) is 5.41 Å². The highest BCUT2D eigenvalue weighted by molar-refractivity contribution is 9.10. The quantitative estimate of drug-likeness (QED) is 0.635. The van der Waals surface area contributed by atoms with Crippen molar-refractivity contribution in [1.29, 1.82) is 0 Å². The Morgan fingerprint density at radius 1 is 1.58 bits per heavy atom. The normalized spacial score (nSPS) is 24.2. The first-order chi connectivity index (χ1) is 5.42. The summed E-state index contributed by atoms with van der Waals surface area (Å²) >= 11 is 3.30. The Hall–Kier alpha value is -0.0500. The topological polar surface area (TPSA) is 20.3 Å². The molecule has 0 spiro atoms. The van der Waals surface area contributed by atoms with E-state index in [1.54, 1.807) is 0 Å². The number of alkyl halides is 1. The van der Waals surface area contributed by atoms with Gasteiger partial charge in [0.2, 0.25) is 5.91 Å². The van der Waals surface area contributed by atoms with Crippen molar-refractivity contribution in [2.24, 2.45) is 5.41 Å². The van der Waals surface area contributed by atoms with E-state index in [9.17, 15) is 4.79 Å². The van der Waals surface area contributed by atoms with Crippen molar-refractivity contribution in [3.8, 4) is 0 Å². The third kappa shape index (κ3) is 2.22. The summed E-state index contributed by atoms with van der Waals surface area (Å²) in [4.78, 5) is 13.4. The van der Waals surface area contributed by atoms with Gasteiger partial charge in [0.05, 0.1) is 4.83 Å². The first kappa shape index (κ1) is 10.0. The molecule has 12 heavy (non-hydrogen) atoms. The van der Waals surface area contributed by atoms with Crippen LogP contribution in [-0.2, 0) is 4.79 Å². The van der Waals surface area contributed by atoms with Gasteiger partial charge in [0.15, 0.2) is 0 Å². The molecule has 0 aromatic rings. The summed E-state index contributed by atoms with van der Waals surface area (Å²) in [7, 11) is 0. The largest absolute Gasteiger partial charge is 0.341 e. The van der Waals surface area contributed by atoms with Crippen LogP contribution in [-0.4, -0.2) is 28.7 Å². The van der Waals surface area contributed by atoms with Gasteiger partial charge < -0.3 is 4.90 Å². The van der Waals surface area contributed by atoms with E-state index in [2.05, 4.69) is 29.8 Å². The second-order valence-corrected chi connectivity index (χ2v) is 5.66. The molecule has 0 radical (unpaired) electrons. The lowest BCUT2D eigenvalue weighted by Gasteiger charge is -2.20. The molecule has 0 aromatic carbocycles. The minimum atomic E-state index is -0.0357. The van der Waals surface area contributed by atoms with E-state index in [1.807, 2.05) is 11.8 Å². The summed E-state index contributed by atoms with van der Waals surface area (Å²) in [5.74, 6) is 0.223. The predicted octanol–water partition coefficient (Wildman–Crippen LogP) is 2.03. The zero-order valence-corrected chi connectivity index (χ0v) is 9.52. The van der Waals surface area contributed by atoms with Crippen molar-refractivity contribution in [1.82, 2.24) is 4.90 Å². The zero-order valence-electron chi connectivity index (χ0n) is 7.93. The van der Waals surface area contributed by atoms with Crippen LogP contribution in [0.5, 0.6) is 0 Å². The second kappa shape index (κ2) is 3.36. The molecule has 0 bridgehead atoms. The Bertz CT molecular complexity index is 189. The zero-order chi connectivity index (χ0) is 9.35. The number of carbonyl (C=O) groups excluding carboxylic acids is 1. The number of halogens is 1. The van der Waals surface area contributed by atoms with Gasteiger partial charge in [-0.05, 0) is 18.8 Å². The molecule has 70 valence electrons. The molecule has 1 heterocycles. The first-order valence-corrected chi connectivity index (χ1v) is 5.27. The molecule has 0 aliphatic carbocycles. The van der Waals surface area contributed by atoms with E-state index in [-0.39, 0.29) is 10.7 Å². The monoisotopic (exact) mass is 233 g/mol. The number of hydrogen-bond donors (Lipinski definition) is 0. The maximum absolute atomic E-state index is 11.5. The number of hydrogen-bond acceptors (Lipinski definition) is 1. The highest BCUT2D eigenvalue weighted by Gasteiger charge is 2.32. The fourth-order valence-corrected chi connectivity index (χ4v) is 1.84. The Morgan fingerprint density at radius 3 is 2.50 bits per heavy atom. The van der Waals surface area contributed by atoms with E-state index in [1.165, 1.54) is 0 Å². The summed E-state index contributed by atoms with van der Waals surface area (Å²) in [5, 5.41) is 0. The first-order valence-electron chi connectivity index (χ1n) is 4.35. The third-order valence-electron chi connectivity index (χ3n) is 2.33. The summed E-state index contributed by atoms with van der Waals surface area (Å²) in [6.07, 6.45) is 1.12. The van der Waals surface area contributed by atoms with Crippen molar-refractivity contribution in [2.75, 3.05) is 13.1 Å². The molecule has 0 saturated carbocycles. The van der Waals surface area contributed by atoms with Crippen LogP contribution in [0.4, 0.5) is 0 Å². The maximum atomic E-state index is 11.5. The van der Waals surface area contributed by atoms with E-state index < -0.39 is 0 Å². The Balaban J connectivity index is 2.53. The molecule has 1 aliphatic heterocycles. The molecule has 2 nitrogen and oxygen atoms in total. The number of amides is 1. The molecular formula is C9H16BrNO. The average molecular weight is 234 g/mol. The van der Waals surface area contributed by atoms with Crippen molar-refractivity contribution in [2.45, 2.75) is 32.0 Å². The fourth-order valence-electron chi connectivity index (χ4n) is 1.55. The number of rotatable bonds is 1. The molecule has 1 amide bonds. The fraction of sp³-hybridized carbons (Fsp3) is 0.889. The second-order valence-electron chi connectivity index (χ2n) is 4.29. The smallest absolute Gasteiger partial charge is 0.236 e. The molecule has 1 rings (SSSR count). The van der Waals surface area contributed by atoms with Crippen LogP contribution < -0.4 is 0 Å². The van der Waals surface area contributed by atoms with Crippen LogP contribution in [0.2, 0.25) is 0 Å². The summed E-state index contributed by atoms with van der Waals surface area (Å²) < 4.78 is 0. The molecule has 1 fully saturated rings. The number of likely N-dealkylation sites (tertiary alicyclic amines) is 1. The SMILES string of the molecule is CC(Br)C(=O)N1CCC(C)(C)C1. The molecule has 1 unspecified atom stereocenters. The summed E-state index contributed by atoms with van der Waals surface area (Å²) in [5.41, 5.74) is 0.317. The van der Waals surface area contributed by atoms with Crippen molar-refractivity contribution in [3.63, 3.8) is 0 Å². The molecule has 3 heteroatoms. The lowest BCUT2D eigenvalue weighted by molar-refractivity contribution is -0.129. The summed E-state index contributed by atoms with van der Waals surface area (Å²) in [6, 6.07) is 0. The lowest BCUT2D eigenvalue weighted by atomic mass is 9.93. The van der Waals surface area contributed by atoms with Gasteiger partial charge >= 0.3 is 0 Å². The van der Waals surface area contributed by atoms with Crippen molar-refractivity contribution >= 4 is 21.8 Å². The van der Waals surface area contributed by atoms with Crippen LogP contribution in [0.25, 0.3) is 0 Å². The van der Waals surface area contributed by atoms with E-state index in [0.29, 0.717) is 5.41 Å².